The molecule has 11 rings (SSSR count). The molecule has 0 saturated carbocycles. The third-order valence-corrected chi connectivity index (χ3v) is 10.7. The molecule has 0 N–H and O–H groups in total. The van der Waals surface area contributed by atoms with Gasteiger partial charge < -0.3 is 0 Å². The van der Waals surface area contributed by atoms with Crippen molar-refractivity contribution in [1.29, 1.82) is 0 Å². The SMILES string of the molecule is c1ccc(-c2cc3ccc(-c4ccc(-c5ccc6ccc7cccnc7c6n5)c5cccnc45)cc3c3c2c(-c2ccccc2)nn3-c2ccccc2)cc1. The molecule has 256 valence electrons. The summed E-state index contributed by atoms with van der Waals surface area (Å²) in [5, 5.41) is 12.0. The van der Waals surface area contributed by atoms with Crippen molar-refractivity contribution < 1.29 is 0 Å². The molecule has 0 saturated heterocycles. The second kappa shape index (κ2) is 12.6. The fourth-order valence-corrected chi connectivity index (χ4v) is 8.11. The first kappa shape index (κ1) is 31.1. The average Bonchev–Trinajstić information content (AvgIpc) is 3.67. The van der Waals surface area contributed by atoms with Crippen LogP contribution in [-0.4, -0.2) is 24.7 Å². The van der Waals surface area contributed by atoms with Gasteiger partial charge in [0.25, 0.3) is 0 Å². The number of nitrogens with zero attached hydrogens (tertiary/aromatic N) is 5. The zero-order chi connectivity index (χ0) is 36.3. The van der Waals surface area contributed by atoms with Gasteiger partial charge >= 0.3 is 0 Å². The number of hydrogen-bond donors (Lipinski definition) is 0. The highest BCUT2D eigenvalue weighted by molar-refractivity contribution is 6.18. The van der Waals surface area contributed by atoms with E-state index in [1.165, 1.54) is 0 Å². The second-order valence-electron chi connectivity index (χ2n) is 13.9. The van der Waals surface area contributed by atoms with Crippen molar-refractivity contribution in [3.05, 3.63) is 188 Å². The van der Waals surface area contributed by atoms with E-state index in [4.69, 9.17) is 20.1 Å². The van der Waals surface area contributed by atoms with Crippen molar-refractivity contribution in [2.45, 2.75) is 0 Å². The number of benzene rings is 7. The van der Waals surface area contributed by atoms with Gasteiger partial charge in [0.05, 0.1) is 33.4 Å². The molecule has 0 atom stereocenters. The molecule has 0 bridgehead atoms. The van der Waals surface area contributed by atoms with Crippen LogP contribution in [-0.2, 0) is 0 Å². The highest BCUT2D eigenvalue weighted by Gasteiger charge is 2.22. The van der Waals surface area contributed by atoms with Crippen LogP contribution in [0.15, 0.2) is 188 Å². The lowest BCUT2D eigenvalue weighted by atomic mass is 9.91. The Morgan fingerprint density at radius 1 is 0.400 bits per heavy atom. The third kappa shape index (κ3) is 5.09. The van der Waals surface area contributed by atoms with Gasteiger partial charge in [-0.25, -0.2) is 9.67 Å². The molecule has 0 aliphatic rings. The summed E-state index contributed by atoms with van der Waals surface area (Å²) in [5.74, 6) is 0. The molecular weight excluding hydrogens is 671 g/mol. The van der Waals surface area contributed by atoms with Crippen LogP contribution < -0.4 is 0 Å². The Bertz CT molecular complexity index is 3250. The molecule has 0 amide bonds. The fourth-order valence-electron chi connectivity index (χ4n) is 8.11. The smallest absolute Gasteiger partial charge is 0.101 e. The maximum atomic E-state index is 5.40. The quantitative estimate of drug-likeness (QED) is 0.168. The van der Waals surface area contributed by atoms with Gasteiger partial charge in [0, 0.05) is 56.0 Å². The molecule has 55 heavy (non-hydrogen) atoms. The van der Waals surface area contributed by atoms with Crippen LogP contribution in [0, 0.1) is 0 Å². The molecule has 0 unspecified atom stereocenters. The molecule has 0 fully saturated rings. The summed E-state index contributed by atoms with van der Waals surface area (Å²) in [7, 11) is 0. The molecular formula is C50H31N5. The Kier molecular flexibility index (Phi) is 7.10. The maximum Gasteiger partial charge on any atom is 0.101 e. The van der Waals surface area contributed by atoms with Crippen LogP contribution in [0.3, 0.4) is 0 Å². The summed E-state index contributed by atoms with van der Waals surface area (Å²) in [6, 6.07) is 61.8. The second-order valence-corrected chi connectivity index (χ2v) is 13.9. The fraction of sp³-hybridized carbons (Fsp3) is 0. The topological polar surface area (TPSA) is 56.5 Å². The number of aromatic nitrogens is 5. The summed E-state index contributed by atoms with van der Waals surface area (Å²) < 4.78 is 2.12. The Labute approximate surface area is 316 Å². The lowest BCUT2D eigenvalue weighted by molar-refractivity contribution is 0.918. The van der Waals surface area contributed by atoms with Gasteiger partial charge in [-0.15, -0.1) is 0 Å². The maximum absolute atomic E-state index is 5.40. The normalized spacial score (nSPS) is 11.6. The lowest BCUT2D eigenvalue weighted by Crippen LogP contribution is -1.97. The number of para-hydroxylation sites is 1. The number of hydrogen-bond acceptors (Lipinski definition) is 4. The summed E-state index contributed by atoms with van der Waals surface area (Å²) in [6.45, 7) is 0. The molecule has 4 aromatic heterocycles. The molecule has 0 aliphatic carbocycles. The van der Waals surface area contributed by atoms with E-state index in [0.29, 0.717) is 0 Å². The van der Waals surface area contributed by atoms with Crippen LogP contribution in [0.25, 0.3) is 105 Å². The van der Waals surface area contributed by atoms with Crippen molar-refractivity contribution in [2.24, 2.45) is 0 Å². The van der Waals surface area contributed by atoms with Crippen LogP contribution in [0.4, 0.5) is 0 Å². The highest BCUT2D eigenvalue weighted by atomic mass is 15.3. The van der Waals surface area contributed by atoms with E-state index >= 15 is 0 Å². The Morgan fingerprint density at radius 2 is 1.05 bits per heavy atom. The minimum absolute atomic E-state index is 0.893. The van der Waals surface area contributed by atoms with E-state index in [1.807, 2.05) is 30.6 Å². The zero-order valence-corrected chi connectivity index (χ0v) is 29.6. The largest absolute Gasteiger partial charge is 0.256 e. The van der Waals surface area contributed by atoms with E-state index in [0.717, 1.165) is 105 Å². The van der Waals surface area contributed by atoms with Gasteiger partial charge in [-0.1, -0.05) is 133 Å². The van der Waals surface area contributed by atoms with Gasteiger partial charge in [-0.05, 0) is 64.5 Å². The van der Waals surface area contributed by atoms with Crippen LogP contribution in [0.1, 0.15) is 0 Å². The molecule has 0 spiro atoms. The van der Waals surface area contributed by atoms with E-state index in [1.54, 1.807) is 0 Å². The van der Waals surface area contributed by atoms with E-state index in [-0.39, 0.29) is 0 Å². The number of rotatable bonds is 5. The molecule has 4 heterocycles. The predicted molar refractivity (Wildman–Crippen MR) is 226 cm³/mol. The first-order valence-electron chi connectivity index (χ1n) is 18.5. The van der Waals surface area contributed by atoms with Crippen molar-refractivity contribution in [3.8, 4) is 50.5 Å². The van der Waals surface area contributed by atoms with Gasteiger partial charge in [0.15, 0.2) is 0 Å². The van der Waals surface area contributed by atoms with Crippen molar-refractivity contribution in [3.63, 3.8) is 0 Å². The predicted octanol–water partition coefficient (Wildman–Crippen LogP) is 12.5. The van der Waals surface area contributed by atoms with Crippen LogP contribution in [0.5, 0.6) is 0 Å². The minimum Gasteiger partial charge on any atom is -0.256 e. The summed E-state index contributed by atoms with van der Waals surface area (Å²) >= 11 is 0. The van der Waals surface area contributed by atoms with E-state index < -0.39 is 0 Å². The van der Waals surface area contributed by atoms with Crippen LogP contribution in [0.2, 0.25) is 0 Å². The van der Waals surface area contributed by atoms with Gasteiger partial charge in [-0.3, -0.25) is 9.97 Å². The van der Waals surface area contributed by atoms with E-state index in [2.05, 4.69) is 162 Å². The number of fused-ring (bicyclic) bond motifs is 7. The molecule has 7 aromatic carbocycles. The monoisotopic (exact) mass is 701 g/mol. The van der Waals surface area contributed by atoms with Gasteiger partial charge in [-0.2, -0.15) is 5.10 Å². The lowest BCUT2D eigenvalue weighted by Gasteiger charge is -2.14. The average molecular weight is 702 g/mol. The van der Waals surface area contributed by atoms with Crippen molar-refractivity contribution in [1.82, 2.24) is 24.7 Å². The molecule has 11 aromatic rings. The minimum atomic E-state index is 0.893. The van der Waals surface area contributed by atoms with Crippen LogP contribution >= 0.6 is 0 Å². The van der Waals surface area contributed by atoms with Crippen molar-refractivity contribution >= 4 is 54.4 Å². The Balaban J connectivity index is 1.16. The van der Waals surface area contributed by atoms with E-state index in [9.17, 15) is 0 Å². The highest BCUT2D eigenvalue weighted by Crippen LogP contribution is 2.43. The van der Waals surface area contributed by atoms with Gasteiger partial charge in [0.1, 0.15) is 5.69 Å². The standard InChI is InChI=1S/C50H31N5/c1-4-12-32(13-5-1)42-30-37-23-22-36(31-43(37)50-45(42)46(33-14-6-2-7-15-33)54-55(50)38-17-8-3-9-18-38)39-25-26-40(41-19-11-29-52-49(39)41)44-27-24-35-21-20-34-16-10-28-51-47(34)48(35)53-44/h1-31H. The summed E-state index contributed by atoms with van der Waals surface area (Å²) in [6.07, 6.45) is 3.71. The molecule has 0 radical (unpaired) electrons. The van der Waals surface area contributed by atoms with Gasteiger partial charge in [0.2, 0.25) is 0 Å². The summed E-state index contributed by atoms with van der Waals surface area (Å²) in [4.78, 5) is 14.9. The first-order valence-corrected chi connectivity index (χ1v) is 18.5. The summed E-state index contributed by atoms with van der Waals surface area (Å²) in [5.41, 5.74) is 13.2. The Morgan fingerprint density at radius 3 is 1.85 bits per heavy atom. The first-order chi connectivity index (χ1) is 27.3. The Hall–Kier alpha value is -7.50. The zero-order valence-electron chi connectivity index (χ0n) is 29.6. The van der Waals surface area contributed by atoms with Crippen molar-refractivity contribution in [2.75, 3.05) is 0 Å². The molecule has 5 nitrogen and oxygen atoms in total. The number of pyridine rings is 3. The molecule has 0 aliphatic heterocycles. The molecule has 5 heteroatoms. The third-order valence-electron chi connectivity index (χ3n) is 10.7.